The Hall–Kier alpha value is -0.633. The molecule has 0 saturated carbocycles. The van der Waals surface area contributed by atoms with Crippen molar-refractivity contribution in [3.8, 4) is 0 Å². The van der Waals surface area contributed by atoms with E-state index in [4.69, 9.17) is 0 Å². The summed E-state index contributed by atoms with van der Waals surface area (Å²) in [5.41, 5.74) is 0.0813. The van der Waals surface area contributed by atoms with Crippen molar-refractivity contribution in [2.24, 2.45) is 5.41 Å². The second-order valence-corrected chi connectivity index (χ2v) is 11.3. The van der Waals surface area contributed by atoms with Crippen LogP contribution in [0.25, 0.3) is 0 Å². The van der Waals surface area contributed by atoms with Gasteiger partial charge in [-0.15, -0.1) is 0 Å². The number of allylic oxidation sites excluding steroid dienone is 4. The Morgan fingerprint density at radius 1 is 1.53 bits per heavy atom. The van der Waals surface area contributed by atoms with Gasteiger partial charge in [0.25, 0.3) is 0 Å². The predicted octanol–water partition coefficient (Wildman–Crippen LogP) is 3.74. The highest BCUT2D eigenvalue weighted by Crippen LogP contribution is 2.34. The van der Waals surface area contributed by atoms with Gasteiger partial charge < -0.3 is 0 Å². The fourth-order valence-electron chi connectivity index (χ4n) is 1.64. The Bertz CT molecular complexity index is 320. The number of rotatable bonds is 3. The normalized spacial score (nSPS) is 27.5. The first-order valence-corrected chi connectivity index (χ1v) is 9.12. The molecule has 0 fully saturated rings. The zero-order valence-electron chi connectivity index (χ0n) is 10.6. The summed E-state index contributed by atoms with van der Waals surface area (Å²) in [6.07, 6.45) is 7.84. The maximum Gasteiger partial charge on any atom is 0.156 e. The van der Waals surface area contributed by atoms with Crippen LogP contribution in [-0.2, 0) is 4.79 Å². The molecule has 0 N–H and O–H groups in total. The summed E-state index contributed by atoms with van der Waals surface area (Å²) in [4.78, 5) is 11.2. The van der Waals surface area contributed by atoms with Crippen molar-refractivity contribution in [3.63, 3.8) is 0 Å². The highest BCUT2D eigenvalue weighted by atomic mass is 28.3. The molecule has 1 unspecified atom stereocenters. The molecule has 0 aliphatic heterocycles. The van der Waals surface area contributed by atoms with Gasteiger partial charge in [-0.2, -0.15) is 0 Å². The van der Waals surface area contributed by atoms with Crippen molar-refractivity contribution in [2.75, 3.05) is 0 Å². The average molecular weight is 222 g/mol. The van der Waals surface area contributed by atoms with E-state index in [0.717, 1.165) is 6.42 Å². The number of carbonyl (C=O) groups excluding carboxylic acids is 1. The summed E-state index contributed by atoms with van der Waals surface area (Å²) < 4.78 is 0. The molecule has 0 aromatic rings. The van der Waals surface area contributed by atoms with Gasteiger partial charge >= 0.3 is 0 Å². The fourth-order valence-corrected chi connectivity index (χ4v) is 2.36. The molecule has 0 aromatic carbocycles. The topological polar surface area (TPSA) is 17.1 Å². The van der Waals surface area contributed by atoms with Crippen LogP contribution in [0.15, 0.2) is 23.4 Å². The Morgan fingerprint density at radius 2 is 2.13 bits per heavy atom. The Morgan fingerprint density at radius 3 is 2.53 bits per heavy atom. The van der Waals surface area contributed by atoms with Crippen LogP contribution >= 0.6 is 0 Å². The van der Waals surface area contributed by atoms with Gasteiger partial charge in [-0.05, 0) is 24.8 Å². The van der Waals surface area contributed by atoms with Crippen molar-refractivity contribution < 1.29 is 4.79 Å². The van der Waals surface area contributed by atoms with E-state index in [-0.39, 0.29) is 11.2 Å². The highest BCUT2D eigenvalue weighted by molar-refractivity contribution is 6.82. The predicted molar refractivity (Wildman–Crippen MR) is 68.6 cm³/mol. The lowest BCUT2D eigenvalue weighted by Gasteiger charge is -2.22. The molecule has 0 bridgehead atoms. The van der Waals surface area contributed by atoms with Crippen LogP contribution in [-0.4, -0.2) is 13.9 Å². The molecular formula is C13H22OSi. The van der Waals surface area contributed by atoms with Crippen molar-refractivity contribution in [3.05, 3.63) is 23.4 Å². The molecule has 2 heteroatoms. The van der Waals surface area contributed by atoms with Gasteiger partial charge in [0.1, 0.15) is 0 Å². The average Bonchev–Trinajstić information content (AvgIpc) is 2.41. The standard InChI is InChI=1S/C13H22OSi/c1-11(15(3,4)5)6-8-13(2)9-7-12(14)10-13/h6-7,9H,8,10H2,1-5H3/b11-6-. The summed E-state index contributed by atoms with van der Waals surface area (Å²) in [6.45, 7) is 11.5. The highest BCUT2D eigenvalue weighted by Gasteiger charge is 2.28. The van der Waals surface area contributed by atoms with Crippen LogP contribution in [0.1, 0.15) is 26.7 Å². The van der Waals surface area contributed by atoms with Gasteiger partial charge in [0.05, 0.1) is 8.07 Å². The summed E-state index contributed by atoms with van der Waals surface area (Å²) in [7, 11) is -1.13. The number of ketones is 1. The molecule has 0 aromatic heterocycles. The van der Waals surface area contributed by atoms with Crippen LogP contribution in [0.2, 0.25) is 19.6 Å². The van der Waals surface area contributed by atoms with E-state index in [0.29, 0.717) is 6.42 Å². The largest absolute Gasteiger partial charge is 0.295 e. The fraction of sp³-hybridized carbons (Fsp3) is 0.615. The van der Waals surface area contributed by atoms with E-state index in [2.05, 4.69) is 45.6 Å². The first kappa shape index (κ1) is 12.4. The van der Waals surface area contributed by atoms with Crippen LogP contribution in [0, 0.1) is 5.41 Å². The van der Waals surface area contributed by atoms with Gasteiger partial charge in [-0.1, -0.05) is 43.9 Å². The van der Waals surface area contributed by atoms with E-state index < -0.39 is 8.07 Å². The third-order valence-corrected chi connectivity index (χ3v) is 5.88. The quantitative estimate of drug-likeness (QED) is 0.665. The van der Waals surface area contributed by atoms with E-state index in [1.54, 1.807) is 6.08 Å². The van der Waals surface area contributed by atoms with Crippen LogP contribution in [0.5, 0.6) is 0 Å². The van der Waals surface area contributed by atoms with Crippen LogP contribution in [0.4, 0.5) is 0 Å². The number of carbonyl (C=O) groups is 1. The van der Waals surface area contributed by atoms with Crippen LogP contribution in [0.3, 0.4) is 0 Å². The number of hydrogen-bond donors (Lipinski definition) is 0. The molecule has 0 radical (unpaired) electrons. The molecule has 1 atom stereocenters. The lowest BCUT2D eigenvalue weighted by molar-refractivity contribution is -0.115. The van der Waals surface area contributed by atoms with Gasteiger partial charge in [0.15, 0.2) is 5.78 Å². The molecule has 1 aliphatic carbocycles. The van der Waals surface area contributed by atoms with Crippen molar-refractivity contribution >= 4 is 13.9 Å². The first-order valence-electron chi connectivity index (χ1n) is 5.62. The van der Waals surface area contributed by atoms with E-state index >= 15 is 0 Å². The SMILES string of the molecule is C/C(=C/CC1(C)C=CC(=O)C1)[Si](C)(C)C. The van der Waals surface area contributed by atoms with Gasteiger partial charge in [0.2, 0.25) is 0 Å². The smallest absolute Gasteiger partial charge is 0.156 e. The van der Waals surface area contributed by atoms with Crippen LogP contribution < -0.4 is 0 Å². The Balaban J connectivity index is 2.65. The molecule has 1 rings (SSSR count). The second kappa shape index (κ2) is 4.09. The van der Waals surface area contributed by atoms with Gasteiger partial charge in [-0.3, -0.25) is 4.79 Å². The maximum atomic E-state index is 11.2. The summed E-state index contributed by atoms with van der Waals surface area (Å²) in [5, 5.41) is 1.54. The minimum absolute atomic E-state index is 0.0813. The maximum absolute atomic E-state index is 11.2. The molecule has 0 amide bonds. The molecule has 15 heavy (non-hydrogen) atoms. The monoisotopic (exact) mass is 222 g/mol. The molecule has 0 saturated heterocycles. The molecule has 84 valence electrons. The molecular weight excluding hydrogens is 200 g/mol. The first-order chi connectivity index (χ1) is 6.73. The van der Waals surface area contributed by atoms with Crippen molar-refractivity contribution in [1.82, 2.24) is 0 Å². The zero-order chi connectivity index (χ0) is 11.7. The molecule has 0 heterocycles. The molecule has 0 spiro atoms. The summed E-state index contributed by atoms with van der Waals surface area (Å²) in [6, 6.07) is 0. The third kappa shape index (κ3) is 3.45. The molecule has 1 nitrogen and oxygen atoms in total. The van der Waals surface area contributed by atoms with E-state index in [1.165, 1.54) is 5.20 Å². The third-order valence-electron chi connectivity index (χ3n) is 3.31. The van der Waals surface area contributed by atoms with E-state index in [9.17, 15) is 4.79 Å². The van der Waals surface area contributed by atoms with Crippen molar-refractivity contribution in [2.45, 2.75) is 46.3 Å². The van der Waals surface area contributed by atoms with Crippen molar-refractivity contribution in [1.29, 1.82) is 0 Å². The van der Waals surface area contributed by atoms with Gasteiger partial charge in [0, 0.05) is 6.42 Å². The van der Waals surface area contributed by atoms with E-state index in [1.807, 2.05) is 0 Å². The zero-order valence-corrected chi connectivity index (χ0v) is 11.6. The summed E-state index contributed by atoms with van der Waals surface area (Å²) in [5.74, 6) is 0.275. The van der Waals surface area contributed by atoms with Gasteiger partial charge in [-0.25, -0.2) is 0 Å². The minimum atomic E-state index is -1.13. The number of hydrogen-bond acceptors (Lipinski definition) is 1. The summed E-state index contributed by atoms with van der Waals surface area (Å²) >= 11 is 0. The Kier molecular flexibility index (Phi) is 3.39. The Labute approximate surface area is 94.3 Å². The minimum Gasteiger partial charge on any atom is -0.295 e. The lowest BCUT2D eigenvalue weighted by atomic mass is 9.86. The lowest BCUT2D eigenvalue weighted by Crippen LogP contribution is -2.22. The second-order valence-electron chi connectivity index (χ2n) is 5.97. The molecule has 1 aliphatic rings.